The SMILES string of the molecule is COc1ccc(-c2nc(C(=O)NCCOC(C)C)c([C@H](C)N)o2)c2ccc(C(F)(F)F)nc12. The van der Waals surface area contributed by atoms with Crippen molar-refractivity contribution in [1.82, 2.24) is 15.3 Å². The molecule has 1 aromatic carbocycles. The van der Waals surface area contributed by atoms with Crippen LogP contribution in [-0.4, -0.2) is 42.2 Å². The van der Waals surface area contributed by atoms with E-state index in [0.717, 1.165) is 6.07 Å². The smallest absolute Gasteiger partial charge is 0.433 e. The number of ether oxygens (including phenoxy) is 2. The topological polar surface area (TPSA) is 112 Å². The van der Waals surface area contributed by atoms with Gasteiger partial charge in [-0.1, -0.05) is 0 Å². The molecule has 8 nitrogen and oxygen atoms in total. The molecule has 3 N–H and O–H groups in total. The van der Waals surface area contributed by atoms with Crippen molar-refractivity contribution < 1.29 is 31.9 Å². The maximum absolute atomic E-state index is 13.2. The van der Waals surface area contributed by atoms with E-state index in [1.165, 1.54) is 19.2 Å². The van der Waals surface area contributed by atoms with E-state index >= 15 is 0 Å². The van der Waals surface area contributed by atoms with Crippen molar-refractivity contribution in [3.05, 3.63) is 41.4 Å². The molecule has 33 heavy (non-hydrogen) atoms. The van der Waals surface area contributed by atoms with Crippen LogP contribution in [0.1, 0.15) is 48.8 Å². The van der Waals surface area contributed by atoms with Gasteiger partial charge in [-0.3, -0.25) is 4.79 Å². The van der Waals surface area contributed by atoms with Gasteiger partial charge in [-0.15, -0.1) is 0 Å². The second kappa shape index (κ2) is 9.75. The number of carbonyl (C=O) groups excluding carboxylic acids is 1. The summed E-state index contributed by atoms with van der Waals surface area (Å²) in [6, 6.07) is 4.51. The number of aromatic nitrogens is 2. The van der Waals surface area contributed by atoms with Gasteiger partial charge >= 0.3 is 6.18 Å². The Kier molecular flexibility index (Phi) is 7.23. The van der Waals surface area contributed by atoms with E-state index in [-0.39, 0.29) is 41.3 Å². The first-order valence-electron chi connectivity index (χ1n) is 10.2. The number of hydrogen-bond acceptors (Lipinski definition) is 7. The van der Waals surface area contributed by atoms with E-state index in [4.69, 9.17) is 19.6 Å². The number of nitrogens with one attached hydrogen (secondary N) is 1. The fourth-order valence-corrected chi connectivity index (χ4v) is 3.16. The van der Waals surface area contributed by atoms with E-state index in [1.807, 2.05) is 13.8 Å². The maximum Gasteiger partial charge on any atom is 0.433 e. The zero-order valence-corrected chi connectivity index (χ0v) is 18.6. The Bertz CT molecular complexity index is 1140. The molecule has 0 unspecified atom stereocenters. The molecule has 0 aliphatic carbocycles. The summed E-state index contributed by atoms with van der Waals surface area (Å²) in [7, 11) is 1.33. The number of fused-ring (bicyclic) bond motifs is 1. The Morgan fingerprint density at radius 3 is 2.52 bits per heavy atom. The van der Waals surface area contributed by atoms with Crippen LogP contribution in [0, 0.1) is 0 Å². The lowest BCUT2D eigenvalue weighted by atomic mass is 10.1. The van der Waals surface area contributed by atoms with Gasteiger partial charge in [-0.05, 0) is 45.0 Å². The van der Waals surface area contributed by atoms with Crippen LogP contribution in [0.15, 0.2) is 28.7 Å². The number of alkyl halides is 3. The number of nitrogens with two attached hydrogens (primary N) is 1. The Morgan fingerprint density at radius 1 is 1.18 bits per heavy atom. The van der Waals surface area contributed by atoms with Crippen molar-refractivity contribution in [2.75, 3.05) is 20.3 Å². The number of methoxy groups -OCH3 is 1. The largest absolute Gasteiger partial charge is 0.494 e. The van der Waals surface area contributed by atoms with Crippen LogP contribution < -0.4 is 15.8 Å². The lowest BCUT2D eigenvalue weighted by Crippen LogP contribution is -2.29. The molecule has 2 aromatic heterocycles. The maximum atomic E-state index is 13.2. The number of benzene rings is 1. The molecule has 3 rings (SSSR count). The van der Waals surface area contributed by atoms with E-state index < -0.39 is 23.8 Å². The quantitative estimate of drug-likeness (QED) is 0.481. The second-order valence-corrected chi connectivity index (χ2v) is 7.60. The molecule has 2 heterocycles. The molecule has 0 fully saturated rings. The van der Waals surface area contributed by atoms with Crippen molar-refractivity contribution in [3.8, 4) is 17.2 Å². The van der Waals surface area contributed by atoms with Gasteiger partial charge < -0.3 is 24.9 Å². The van der Waals surface area contributed by atoms with Gasteiger partial charge in [0.2, 0.25) is 5.89 Å². The first-order chi connectivity index (χ1) is 15.5. The van der Waals surface area contributed by atoms with Gasteiger partial charge in [-0.25, -0.2) is 9.97 Å². The number of nitrogens with zero attached hydrogens (tertiary/aromatic N) is 2. The average molecular weight is 466 g/mol. The summed E-state index contributed by atoms with van der Waals surface area (Å²) in [4.78, 5) is 20.7. The predicted molar refractivity (Wildman–Crippen MR) is 115 cm³/mol. The fourth-order valence-electron chi connectivity index (χ4n) is 3.16. The minimum absolute atomic E-state index is 0.00612. The third-order valence-corrected chi connectivity index (χ3v) is 4.68. The standard InChI is InChI=1S/C22H25F3N4O4/c1-11(2)32-10-9-27-20(30)18-19(12(3)26)33-21(29-18)14-5-7-15(31-4)17-13(14)6-8-16(28-17)22(23,24)25/h5-8,11-12H,9-10,26H2,1-4H3,(H,27,30)/t12-/m0/s1. The van der Waals surface area contributed by atoms with Crippen molar-refractivity contribution >= 4 is 16.8 Å². The molecule has 178 valence electrons. The Morgan fingerprint density at radius 2 is 1.91 bits per heavy atom. The highest BCUT2D eigenvalue weighted by molar-refractivity contribution is 5.98. The summed E-state index contributed by atoms with van der Waals surface area (Å²) in [5, 5.41) is 3.01. The second-order valence-electron chi connectivity index (χ2n) is 7.60. The minimum atomic E-state index is -4.62. The van der Waals surface area contributed by atoms with Gasteiger partial charge in [0.1, 0.15) is 17.0 Å². The fraction of sp³-hybridized carbons (Fsp3) is 0.409. The number of oxazole rings is 1. The third kappa shape index (κ3) is 5.42. The number of pyridine rings is 1. The summed E-state index contributed by atoms with van der Waals surface area (Å²) >= 11 is 0. The van der Waals surface area contributed by atoms with Crippen molar-refractivity contribution in [1.29, 1.82) is 0 Å². The predicted octanol–water partition coefficient (Wildman–Crippen LogP) is 4.09. The Labute approximate surface area is 188 Å². The summed E-state index contributed by atoms with van der Waals surface area (Å²) in [6.45, 7) is 5.97. The molecule has 1 amide bonds. The van der Waals surface area contributed by atoms with Crippen LogP contribution in [0.2, 0.25) is 0 Å². The molecule has 3 aromatic rings. The van der Waals surface area contributed by atoms with E-state index in [2.05, 4.69) is 15.3 Å². The van der Waals surface area contributed by atoms with Crippen LogP contribution in [0.5, 0.6) is 5.75 Å². The number of halogens is 3. The van der Waals surface area contributed by atoms with E-state index in [0.29, 0.717) is 17.6 Å². The highest BCUT2D eigenvalue weighted by Crippen LogP contribution is 2.37. The molecule has 0 aliphatic rings. The Balaban J connectivity index is 2.03. The zero-order chi connectivity index (χ0) is 24.3. The van der Waals surface area contributed by atoms with E-state index in [1.54, 1.807) is 13.0 Å². The molecular formula is C22H25F3N4O4. The molecule has 0 bridgehead atoms. The monoisotopic (exact) mass is 466 g/mol. The molecule has 11 heteroatoms. The van der Waals surface area contributed by atoms with Gasteiger partial charge in [0.25, 0.3) is 5.91 Å². The van der Waals surface area contributed by atoms with E-state index in [9.17, 15) is 18.0 Å². The zero-order valence-electron chi connectivity index (χ0n) is 18.6. The molecule has 1 atom stereocenters. The van der Waals surface area contributed by atoms with Gasteiger partial charge in [0, 0.05) is 17.5 Å². The summed E-state index contributed by atoms with van der Waals surface area (Å²) in [6.07, 6.45) is -4.60. The van der Waals surface area contributed by atoms with Gasteiger partial charge in [0.15, 0.2) is 11.5 Å². The van der Waals surface area contributed by atoms with Crippen LogP contribution >= 0.6 is 0 Å². The van der Waals surface area contributed by atoms with Crippen LogP contribution in [-0.2, 0) is 10.9 Å². The molecule has 0 saturated carbocycles. The van der Waals surface area contributed by atoms with Crippen LogP contribution in [0.25, 0.3) is 22.4 Å². The van der Waals surface area contributed by atoms with Crippen LogP contribution in [0.3, 0.4) is 0 Å². The number of rotatable bonds is 8. The first-order valence-corrected chi connectivity index (χ1v) is 10.2. The van der Waals surface area contributed by atoms with Crippen molar-refractivity contribution in [3.63, 3.8) is 0 Å². The number of amides is 1. The normalized spacial score (nSPS) is 12.9. The van der Waals surface area contributed by atoms with Crippen LogP contribution in [0.4, 0.5) is 13.2 Å². The number of hydrogen-bond donors (Lipinski definition) is 2. The van der Waals surface area contributed by atoms with Crippen molar-refractivity contribution in [2.24, 2.45) is 5.73 Å². The summed E-state index contributed by atoms with van der Waals surface area (Å²) < 4.78 is 55.9. The average Bonchev–Trinajstić information content (AvgIpc) is 3.20. The minimum Gasteiger partial charge on any atom is -0.494 e. The Hall–Kier alpha value is -3.18. The van der Waals surface area contributed by atoms with Gasteiger partial charge in [-0.2, -0.15) is 13.2 Å². The third-order valence-electron chi connectivity index (χ3n) is 4.68. The molecule has 0 aliphatic heterocycles. The molecule has 0 spiro atoms. The highest BCUT2D eigenvalue weighted by Gasteiger charge is 2.33. The summed E-state index contributed by atoms with van der Waals surface area (Å²) in [5.41, 5.74) is 5.24. The first kappa shape index (κ1) is 24.5. The highest BCUT2D eigenvalue weighted by atomic mass is 19.4. The lowest BCUT2D eigenvalue weighted by Gasteiger charge is -2.11. The van der Waals surface area contributed by atoms with Crippen molar-refractivity contribution in [2.45, 2.75) is 39.1 Å². The summed E-state index contributed by atoms with van der Waals surface area (Å²) in [5.74, 6) is -0.168. The molecule has 0 radical (unpaired) electrons. The van der Waals surface area contributed by atoms with Gasteiger partial charge in [0.05, 0.1) is 25.9 Å². The lowest BCUT2D eigenvalue weighted by molar-refractivity contribution is -0.140. The molecular weight excluding hydrogens is 441 g/mol. The molecule has 0 saturated heterocycles. The number of carbonyl (C=O) groups is 1.